The first-order valence-corrected chi connectivity index (χ1v) is 5.30. The van der Waals surface area contributed by atoms with E-state index in [1.165, 1.54) is 12.1 Å². The Morgan fingerprint density at radius 1 is 1.50 bits per heavy atom. The van der Waals surface area contributed by atoms with Crippen molar-refractivity contribution in [3.8, 4) is 0 Å². The smallest absolute Gasteiger partial charge is 0.335 e. The highest BCUT2D eigenvalue weighted by Crippen LogP contribution is 2.33. The zero-order valence-electron chi connectivity index (χ0n) is 7.58. The molecule has 7 heteroatoms. The van der Waals surface area contributed by atoms with Crippen LogP contribution in [-0.4, -0.2) is 16.1 Å². The van der Waals surface area contributed by atoms with Crippen LogP contribution in [0.4, 0.5) is 8.78 Å². The van der Waals surface area contributed by atoms with Crippen LogP contribution in [0.25, 0.3) is 10.2 Å². The summed E-state index contributed by atoms with van der Waals surface area (Å²) in [5.41, 5.74) is 0.175. The number of aromatic carboxylic acids is 1. The number of benzene rings is 1. The molecule has 0 aliphatic rings. The molecule has 0 saturated carbocycles. The molecule has 1 heterocycles. The van der Waals surface area contributed by atoms with Gasteiger partial charge in [-0.1, -0.05) is 11.6 Å². The van der Waals surface area contributed by atoms with Crippen LogP contribution in [0.5, 0.6) is 0 Å². The Bertz CT molecular complexity index is 570. The molecule has 0 radical (unpaired) electrons. The molecule has 2 rings (SSSR count). The third kappa shape index (κ3) is 1.85. The number of nitrogens with zero attached hydrogens (tertiary/aromatic N) is 1. The summed E-state index contributed by atoms with van der Waals surface area (Å²) in [7, 11) is 0. The van der Waals surface area contributed by atoms with Gasteiger partial charge >= 0.3 is 5.97 Å². The molecule has 0 fully saturated rings. The first kappa shape index (κ1) is 11.2. The van der Waals surface area contributed by atoms with Crippen LogP contribution in [-0.2, 0) is 0 Å². The number of alkyl halides is 2. The third-order valence-electron chi connectivity index (χ3n) is 1.90. The van der Waals surface area contributed by atoms with Crippen molar-refractivity contribution in [2.45, 2.75) is 6.43 Å². The highest BCUT2D eigenvalue weighted by atomic mass is 35.5. The van der Waals surface area contributed by atoms with Gasteiger partial charge in [0.2, 0.25) is 0 Å². The largest absolute Gasteiger partial charge is 0.478 e. The fourth-order valence-electron chi connectivity index (χ4n) is 1.22. The number of aromatic nitrogens is 1. The quantitative estimate of drug-likeness (QED) is 0.901. The van der Waals surface area contributed by atoms with E-state index in [-0.39, 0.29) is 21.1 Å². The van der Waals surface area contributed by atoms with Crippen LogP contribution in [0.2, 0.25) is 5.02 Å². The standard InChI is InChI=1S/C9H4ClF2NO2S/c10-4-1-3(9(14)15)2-5-6(4)13-8(16-5)7(11)12/h1-2,7H,(H,14,15). The molecule has 2 aromatic rings. The average molecular weight is 264 g/mol. The molecular formula is C9H4ClF2NO2S. The molecule has 16 heavy (non-hydrogen) atoms. The molecule has 0 bridgehead atoms. The predicted molar refractivity (Wildman–Crippen MR) is 56.5 cm³/mol. The van der Waals surface area contributed by atoms with Gasteiger partial charge in [0.25, 0.3) is 6.43 Å². The Morgan fingerprint density at radius 3 is 2.75 bits per heavy atom. The van der Waals surface area contributed by atoms with E-state index in [9.17, 15) is 13.6 Å². The molecule has 1 N–H and O–H groups in total. The van der Waals surface area contributed by atoms with E-state index in [4.69, 9.17) is 16.7 Å². The summed E-state index contributed by atoms with van der Waals surface area (Å²) < 4.78 is 25.1. The Kier molecular flexibility index (Phi) is 2.77. The zero-order chi connectivity index (χ0) is 11.9. The second-order valence-corrected chi connectivity index (χ2v) is 4.43. The van der Waals surface area contributed by atoms with Crippen molar-refractivity contribution in [1.29, 1.82) is 0 Å². The van der Waals surface area contributed by atoms with Gasteiger partial charge in [0.15, 0.2) is 5.01 Å². The number of hydrogen-bond donors (Lipinski definition) is 1. The van der Waals surface area contributed by atoms with Gasteiger partial charge in [-0.25, -0.2) is 18.6 Å². The number of carbonyl (C=O) groups is 1. The first-order valence-electron chi connectivity index (χ1n) is 4.10. The summed E-state index contributed by atoms with van der Waals surface area (Å²) in [6.45, 7) is 0. The molecular weight excluding hydrogens is 260 g/mol. The SMILES string of the molecule is O=C(O)c1cc(Cl)c2nc(C(F)F)sc2c1. The Morgan fingerprint density at radius 2 is 2.19 bits per heavy atom. The van der Waals surface area contributed by atoms with Crippen LogP contribution >= 0.6 is 22.9 Å². The minimum atomic E-state index is -2.68. The lowest BCUT2D eigenvalue weighted by atomic mass is 10.2. The minimum absolute atomic E-state index is 0.0398. The van der Waals surface area contributed by atoms with Gasteiger partial charge in [0, 0.05) is 0 Å². The summed E-state index contributed by atoms with van der Waals surface area (Å²) >= 11 is 6.50. The van der Waals surface area contributed by atoms with Gasteiger partial charge in [0.1, 0.15) is 5.52 Å². The number of fused-ring (bicyclic) bond motifs is 1. The second kappa shape index (κ2) is 3.95. The highest BCUT2D eigenvalue weighted by Gasteiger charge is 2.17. The van der Waals surface area contributed by atoms with E-state index >= 15 is 0 Å². The van der Waals surface area contributed by atoms with E-state index in [0.717, 1.165) is 11.3 Å². The van der Waals surface area contributed by atoms with E-state index in [1.54, 1.807) is 0 Å². The lowest BCUT2D eigenvalue weighted by Crippen LogP contribution is -1.95. The minimum Gasteiger partial charge on any atom is -0.478 e. The van der Waals surface area contributed by atoms with E-state index < -0.39 is 12.4 Å². The molecule has 0 saturated heterocycles. The van der Waals surface area contributed by atoms with Gasteiger partial charge in [0.05, 0.1) is 15.3 Å². The van der Waals surface area contributed by atoms with Crippen LogP contribution in [0.1, 0.15) is 21.8 Å². The number of hydrogen-bond acceptors (Lipinski definition) is 3. The third-order valence-corrected chi connectivity index (χ3v) is 3.20. The van der Waals surface area contributed by atoms with E-state index in [2.05, 4.69) is 4.98 Å². The maximum Gasteiger partial charge on any atom is 0.335 e. The van der Waals surface area contributed by atoms with Crippen molar-refractivity contribution in [2.75, 3.05) is 0 Å². The normalized spacial score (nSPS) is 11.2. The molecule has 0 spiro atoms. The predicted octanol–water partition coefficient (Wildman–Crippen LogP) is 3.59. The molecule has 84 valence electrons. The Balaban J connectivity index is 2.68. The molecule has 0 amide bonds. The monoisotopic (exact) mass is 263 g/mol. The van der Waals surface area contributed by atoms with Gasteiger partial charge in [-0.2, -0.15) is 0 Å². The Hall–Kier alpha value is -1.27. The number of carboxylic acid groups (broad SMARTS) is 1. The lowest BCUT2D eigenvalue weighted by Gasteiger charge is -1.95. The summed E-state index contributed by atoms with van der Waals surface area (Å²) in [6.07, 6.45) is -2.68. The fraction of sp³-hybridized carbons (Fsp3) is 0.111. The maximum absolute atomic E-state index is 12.4. The molecule has 0 atom stereocenters. The van der Waals surface area contributed by atoms with Crippen molar-refractivity contribution >= 4 is 39.1 Å². The van der Waals surface area contributed by atoms with Gasteiger partial charge in [-0.05, 0) is 12.1 Å². The summed E-state index contributed by atoms with van der Waals surface area (Å²) in [5, 5.41) is 8.47. The number of carboxylic acids is 1. The first-order chi connectivity index (χ1) is 7.49. The molecule has 0 aliphatic carbocycles. The van der Waals surface area contributed by atoms with E-state index in [0.29, 0.717) is 4.70 Å². The molecule has 1 aromatic carbocycles. The van der Waals surface area contributed by atoms with Crippen molar-refractivity contribution in [2.24, 2.45) is 0 Å². The number of thiazole rings is 1. The van der Waals surface area contributed by atoms with E-state index in [1.807, 2.05) is 0 Å². The second-order valence-electron chi connectivity index (χ2n) is 2.96. The topological polar surface area (TPSA) is 50.2 Å². The molecule has 1 aromatic heterocycles. The maximum atomic E-state index is 12.4. The number of halogens is 3. The van der Waals surface area contributed by atoms with Crippen LogP contribution in [0.3, 0.4) is 0 Å². The highest BCUT2D eigenvalue weighted by molar-refractivity contribution is 7.18. The molecule has 3 nitrogen and oxygen atoms in total. The summed E-state index contributed by atoms with van der Waals surface area (Å²) in [6, 6.07) is 2.48. The average Bonchev–Trinajstić information content (AvgIpc) is 2.61. The van der Waals surface area contributed by atoms with Gasteiger partial charge in [-0.15, -0.1) is 11.3 Å². The van der Waals surface area contributed by atoms with Crippen LogP contribution in [0.15, 0.2) is 12.1 Å². The Labute approximate surface area is 97.3 Å². The number of rotatable bonds is 2. The molecule has 0 aliphatic heterocycles. The summed E-state index contributed by atoms with van der Waals surface area (Å²) in [5.74, 6) is -1.16. The van der Waals surface area contributed by atoms with Crippen LogP contribution < -0.4 is 0 Å². The van der Waals surface area contributed by atoms with Crippen molar-refractivity contribution in [1.82, 2.24) is 4.98 Å². The van der Waals surface area contributed by atoms with Crippen molar-refractivity contribution in [3.05, 3.63) is 27.7 Å². The lowest BCUT2D eigenvalue weighted by molar-refractivity contribution is 0.0697. The van der Waals surface area contributed by atoms with Crippen molar-refractivity contribution < 1.29 is 18.7 Å². The van der Waals surface area contributed by atoms with Crippen LogP contribution in [0, 0.1) is 0 Å². The van der Waals surface area contributed by atoms with Crippen molar-refractivity contribution in [3.63, 3.8) is 0 Å². The van der Waals surface area contributed by atoms with Gasteiger partial charge in [-0.3, -0.25) is 0 Å². The summed E-state index contributed by atoms with van der Waals surface area (Å²) in [4.78, 5) is 14.4. The van der Waals surface area contributed by atoms with Gasteiger partial charge < -0.3 is 5.11 Å². The fourth-order valence-corrected chi connectivity index (χ4v) is 2.43. The zero-order valence-corrected chi connectivity index (χ0v) is 9.15. The molecule has 0 unspecified atom stereocenters.